The van der Waals surface area contributed by atoms with Crippen molar-refractivity contribution < 1.29 is 14.1 Å². The summed E-state index contributed by atoms with van der Waals surface area (Å²) in [6, 6.07) is 17.7. The molecule has 0 saturated carbocycles. The Kier molecular flexibility index (Phi) is 5.38. The Morgan fingerprint density at radius 1 is 1.09 bits per heavy atom. The van der Waals surface area contributed by atoms with E-state index >= 15 is 0 Å². The van der Waals surface area contributed by atoms with Gasteiger partial charge < -0.3 is 14.5 Å². The number of anilines is 1. The Labute approximate surface area is 190 Å². The third-order valence-electron chi connectivity index (χ3n) is 4.67. The van der Waals surface area contributed by atoms with E-state index in [1.54, 1.807) is 0 Å². The highest BCUT2D eigenvalue weighted by molar-refractivity contribution is 7.98. The molecule has 2 aromatic heterocycles. The molecule has 0 aliphatic carbocycles. The maximum absolute atomic E-state index is 11.0. The van der Waals surface area contributed by atoms with E-state index in [-0.39, 0.29) is 17.5 Å². The summed E-state index contributed by atoms with van der Waals surface area (Å²) < 4.78 is 11.4. The summed E-state index contributed by atoms with van der Waals surface area (Å²) >= 11 is 7.34. The van der Waals surface area contributed by atoms with E-state index in [0.717, 1.165) is 11.1 Å². The monoisotopic (exact) mass is 467 g/mol. The van der Waals surface area contributed by atoms with Gasteiger partial charge in [0.05, 0.1) is 6.07 Å². The van der Waals surface area contributed by atoms with Crippen LogP contribution in [-0.4, -0.2) is 20.1 Å². The molecular weight excluding hydrogens is 454 g/mol. The van der Waals surface area contributed by atoms with E-state index in [4.69, 9.17) is 20.8 Å². The highest BCUT2D eigenvalue weighted by atomic mass is 35.5. The molecule has 160 valence electrons. The zero-order valence-electron chi connectivity index (χ0n) is 16.3. The highest BCUT2D eigenvalue weighted by Gasteiger charge is 2.29. The molecule has 0 bridgehead atoms. The minimum atomic E-state index is -0.836. The number of rotatable bonds is 5. The highest BCUT2D eigenvalue weighted by Crippen LogP contribution is 2.40. The van der Waals surface area contributed by atoms with E-state index in [1.807, 2.05) is 48.5 Å². The van der Waals surface area contributed by atoms with Crippen molar-refractivity contribution in [1.29, 1.82) is 0 Å². The molecule has 2 aromatic carbocycles. The number of nitrogens with zero attached hydrogens (tertiary/aromatic N) is 4. The molecule has 1 unspecified atom stereocenters. The number of benzene rings is 2. The molecule has 32 heavy (non-hydrogen) atoms. The van der Waals surface area contributed by atoms with Crippen LogP contribution in [0.25, 0.3) is 11.3 Å². The predicted molar refractivity (Wildman–Crippen MR) is 119 cm³/mol. The smallest absolute Gasteiger partial charge is 0.433 e. The number of para-hydroxylation sites is 1. The fourth-order valence-corrected chi connectivity index (χ4v) is 4.01. The summed E-state index contributed by atoms with van der Waals surface area (Å²) in [4.78, 5) is 15.0. The first-order valence-corrected chi connectivity index (χ1v) is 10.8. The minimum absolute atomic E-state index is 0.244. The lowest BCUT2D eigenvalue weighted by molar-refractivity contribution is -0.402. The fraction of sp³-hybridized carbons (Fsp3) is 0.0952. The maximum atomic E-state index is 11.0. The predicted octanol–water partition coefficient (Wildman–Crippen LogP) is 5.49. The topological polar surface area (TPSA) is 116 Å². The van der Waals surface area contributed by atoms with Crippen LogP contribution in [0.2, 0.25) is 5.02 Å². The largest absolute Gasteiger partial charge is 0.444 e. The minimum Gasteiger partial charge on any atom is -0.444 e. The first kappa shape index (κ1) is 20.3. The van der Waals surface area contributed by atoms with Crippen molar-refractivity contribution in [3.05, 3.63) is 87.1 Å². The lowest BCUT2D eigenvalue weighted by Gasteiger charge is -2.16. The van der Waals surface area contributed by atoms with Gasteiger partial charge >= 0.3 is 5.88 Å². The number of ether oxygens (including phenoxy) is 1. The summed E-state index contributed by atoms with van der Waals surface area (Å²) in [6.45, 7) is 0. The summed E-state index contributed by atoms with van der Waals surface area (Å²) in [6.07, 6.45) is -0.836. The van der Waals surface area contributed by atoms with Crippen LogP contribution in [0.1, 0.15) is 17.6 Å². The average molecular weight is 468 g/mol. The van der Waals surface area contributed by atoms with Gasteiger partial charge in [-0.25, -0.2) is 0 Å². The van der Waals surface area contributed by atoms with Crippen molar-refractivity contribution in [2.75, 3.05) is 5.32 Å². The Balaban J connectivity index is 1.47. The van der Waals surface area contributed by atoms with Crippen molar-refractivity contribution in [3.63, 3.8) is 0 Å². The number of hydrogen-bond donors (Lipinski definition) is 1. The van der Waals surface area contributed by atoms with Gasteiger partial charge in [-0.3, -0.25) is 10.1 Å². The Bertz CT molecular complexity index is 1300. The third-order valence-corrected chi connectivity index (χ3v) is 5.83. The van der Waals surface area contributed by atoms with Crippen LogP contribution >= 0.6 is 23.4 Å². The Hall–Kier alpha value is -3.63. The van der Waals surface area contributed by atoms with Gasteiger partial charge in [-0.15, -0.1) is 10.2 Å². The molecule has 0 saturated heterocycles. The van der Waals surface area contributed by atoms with Crippen molar-refractivity contribution in [2.24, 2.45) is 0 Å². The second-order valence-corrected chi connectivity index (χ2v) is 8.16. The lowest BCUT2D eigenvalue weighted by Crippen LogP contribution is -2.16. The summed E-state index contributed by atoms with van der Waals surface area (Å²) in [5, 5.41) is 23.9. The van der Waals surface area contributed by atoms with E-state index in [2.05, 4.69) is 20.5 Å². The molecule has 0 amide bonds. The lowest BCUT2D eigenvalue weighted by atomic mass is 10.1. The van der Waals surface area contributed by atoms with Gasteiger partial charge in [-0.05, 0) is 29.8 Å². The van der Waals surface area contributed by atoms with Crippen LogP contribution < -0.4 is 10.1 Å². The number of hydrogen-bond acceptors (Lipinski definition) is 9. The van der Waals surface area contributed by atoms with Gasteiger partial charge in [-0.2, -0.15) is 4.98 Å². The molecule has 1 atom stereocenters. The number of nitro groups is 1. The van der Waals surface area contributed by atoms with Gasteiger partial charge in [0, 0.05) is 22.0 Å². The van der Waals surface area contributed by atoms with Gasteiger partial charge in [0.15, 0.2) is 11.5 Å². The van der Waals surface area contributed by atoms with E-state index < -0.39 is 11.2 Å². The fourth-order valence-electron chi connectivity index (χ4n) is 3.15. The SMILES string of the molecule is O=[N+]([O-])c1ccc(C2Nc3ccccc3-c3nnc(SCc4ccc(Cl)cc4)nc3O2)o1. The van der Waals surface area contributed by atoms with Crippen LogP contribution in [0.3, 0.4) is 0 Å². The molecule has 0 fully saturated rings. The quantitative estimate of drug-likeness (QED) is 0.231. The molecule has 9 nitrogen and oxygen atoms in total. The summed E-state index contributed by atoms with van der Waals surface area (Å²) in [5.74, 6) is 0.747. The Morgan fingerprint density at radius 2 is 1.91 bits per heavy atom. The van der Waals surface area contributed by atoms with Crippen molar-refractivity contribution in [1.82, 2.24) is 15.2 Å². The van der Waals surface area contributed by atoms with Crippen molar-refractivity contribution in [3.8, 4) is 17.1 Å². The molecule has 1 aliphatic rings. The molecule has 0 spiro atoms. The van der Waals surface area contributed by atoms with Gasteiger partial charge in [0.1, 0.15) is 4.92 Å². The normalized spacial score (nSPS) is 14.5. The summed E-state index contributed by atoms with van der Waals surface area (Å²) in [7, 11) is 0. The number of halogens is 1. The van der Waals surface area contributed by atoms with Crippen molar-refractivity contribution in [2.45, 2.75) is 17.1 Å². The molecular formula is C21H14ClN5O4S. The number of nitrogens with one attached hydrogen (secondary N) is 1. The molecule has 4 aromatic rings. The molecule has 3 heterocycles. The molecule has 0 radical (unpaired) electrons. The van der Waals surface area contributed by atoms with E-state index in [1.165, 1.54) is 23.9 Å². The van der Waals surface area contributed by atoms with E-state index in [0.29, 0.717) is 27.3 Å². The summed E-state index contributed by atoms with van der Waals surface area (Å²) in [5.41, 5.74) is 2.99. The zero-order chi connectivity index (χ0) is 22.1. The first-order valence-electron chi connectivity index (χ1n) is 9.45. The van der Waals surface area contributed by atoms with E-state index in [9.17, 15) is 10.1 Å². The number of furan rings is 1. The molecule has 1 N–H and O–H groups in total. The van der Waals surface area contributed by atoms with Crippen molar-refractivity contribution >= 4 is 34.9 Å². The zero-order valence-corrected chi connectivity index (χ0v) is 17.8. The standard InChI is InChI=1S/C21H14ClN5O4S/c22-13-7-5-12(6-8-13)11-32-21-24-20-18(25-26-21)14-3-1-2-4-15(14)23-19(31-20)16-9-10-17(30-16)27(28)29/h1-10,19,23H,11H2. The molecule has 1 aliphatic heterocycles. The second kappa shape index (κ2) is 8.48. The average Bonchev–Trinajstić information content (AvgIpc) is 3.24. The second-order valence-electron chi connectivity index (χ2n) is 6.78. The van der Waals surface area contributed by atoms with Crippen LogP contribution in [0.5, 0.6) is 5.88 Å². The first-order chi connectivity index (χ1) is 15.6. The van der Waals surface area contributed by atoms with Crippen LogP contribution in [-0.2, 0) is 5.75 Å². The number of fused-ring (bicyclic) bond motifs is 3. The Morgan fingerprint density at radius 3 is 2.69 bits per heavy atom. The molecule has 5 rings (SSSR count). The van der Waals surface area contributed by atoms with Gasteiger partial charge in [-0.1, -0.05) is 53.7 Å². The molecule has 11 heteroatoms. The number of aromatic nitrogens is 3. The van der Waals surface area contributed by atoms with Crippen LogP contribution in [0, 0.1) is 10.1 Å². The number of thioether (sulfide) groups is 1. The van der Waals surface area contributed by atoms with Gasteiger partial charge in [0.25, 0.3) is 0 Å². The van der Waals surface area contributed by atoms with Crippen LogP contribution in [0.15, 0.2) is 70.2 Å². The third kappa shape index (κ3) is 4.10. The van der Waals surface area contributed by atoms with Gasteiger partial charge in [0.2, 0.25) is 17.3 Å². The van der Waals surface area contributed by atoms with Crippen LogP contribution in [0.4, 0.5) is 11.6 Å². The maximum Gasteiger partial charge on any atom is 0.433 e.